The van der Waals surface area contributed by atoms with Gasteiger partial charge in [-0.25, -0.2) is 0 Å². The van der Waals surface area contributed by atoms with E-state index in [1.54, 1.807) is 18.2 Å². The van der Waals surface area contributed by atoms with Crippen molar-refractivity contribution in [1.29, 1.82) is 0 Å². The molecule has 1 heterocycles. The van der Waals surface area contributed by atoms with Gasteiger partial charge in [-0.3, -0.25) is 4.79 Å². The number of allylic oxidation sites excluding steroid dienone is 3. The first-order valence-corrected chi connectivity index (χ1v) is 10.1. The van der Waals surface area contributed by atoms with E-state index in [2.05, 4.69) is 17.6 Å². The van der Waals surface area contributed by atoms with Crippen LogP contribution in [0.4, 0.5) is 0 Å². The Morgan fingerprint density at radius 2 is 2.00 bits per heavy atom. The molecule has 0 aliphatic carbocycles. The number of amides is 1. The van der Waals surface area contributed by atoms with E-state index in [4.69, 9.17) is 23.2 Å². The van der Waals surface area contributed by atoms with Crippen LogP contribution >= 0.6 is 23.2 Å². The van der Waals surface area contributed by atoms with Gasteiger partial charge >= 0.3 is 0 Å². The predicted octanol–water partition coefficient (Wildman–Crippen LogP) is 5.15. The number of benzene rings is 1. The van der Waals surface area contributed by atoms with Crippen molar-refractivity contribution in [3.05, 3.63) is 70.3 Å². The third kappa shape index (κ3) is 6.24. The van der Waals surface area contributed by atoms with Crippen molar-refractivity contribution in [1.82, 2.24) is 9.80 Å². The minimum Gasteiger partial charge on any atom is -0.337 e. The Bertz CT molecular complexity index is 721. The van der Waals surface area contributed by atoms with Gasteiger partial charge < -0.3 is 9.80 Å². The Morgan fingerprint density at radius 3 is 2.59 bits per heavy atom. The molecule has 27 heavy (non-hydrogen) atoms. The van der Waals surface area contributed by atoms with Crippen molar-refractivity contribution in [2.75, 3.05) is 26.7 Å². The van der Waals surface area contributed by atoms with E-state index in [1.165, 1.54) is 12.8 Å². The highest BCUT2D eigenvalue weighted by Crippen LogP contribution is 2.24. The van der Waals surface area contributed by atoms with Crippen molar-refractivity contribution in [3.63, 3.8) is 0 Å². The van der Waals surface area contributed by atoms with E-state index in [0.29, 0.717) is 16.5 Å². The predicted molar refractivity (Wildman–Crippen MR) is 115 cm³/mol. The third-order valence-electron chi connectivity index (χ3n) is 4.97. The SMILES string of the molecule is C=C/C=C\C(=C/C)[C@@H](CN1CCCC1)N(C)C(=O)Cc1ccc(Cl)c(Cl)c1. The van der Waals surface area contributed by atoms with Crippen LogP contribution in [0.1, 0.15) is 25.3 Å². The monoisotopic (exact) mass is 406 g/mol. The van der Waals surface area contributed by atoms with E-state index in [-0.39, 0.29) is 11.9 Å². The summed E-state index contributed by atoms with van der Waals surface area (Å²) >= 11 is 12.1. The molecule has 0 N–H and O–H groups in total. The van der Waals surface area contributed by atoms with Crippen molar-refractivity contribution < 1.29 is 4.79 Å². The first-order valence-electron chi connectivity index (χ1n) is 9.33. The summed E-state index contributed by atoms with van der Waals surface area (Å²) in [6.45, 7) is 8.78. The van der Waals surface area contributed by atoms with Crippen LogP contribution in [0.15, 0.2) is 54.7 Å². The molecule has 1 atom stereocenters. The van der Waals surface area contributed by atoms with Gasteiger partial charge in [0.15, 0.2) is 0 Å². The molecule has 1 amide bonds. The molecule has 0 bridgehead atoms. The van der Waals surface area contributed by atoms with Gasteiger partial charge in [-0.05, 0) is 56.1 Å². The van der Waals surface area contributed by atoms with Gasteiger partial charge in [0, 0.05) is 13.6 Å². The summed E-state index contributed by atoms with van der Waals surface area (Å²) in [5, 5.41) is 0.972. The molecule has 0 aromatic heterocycles. The fourth-order valence-corrected chi connectivity index (χ4v) is 3.68. The van der Waals surface area contributed by atoms with Gasteiger partial charge in [0.2, 0.25) is 5.91 Å². The number of nitrogens with zero attached hydrogens (tertiary/aromatic N) is 2. The molecule has 146 valence electrons. The topological polar surface area (TPSA) is 23.6 Å². The summed E-state index contributed by atoms with van der Waals surface area (Å²) in [6.07, 6.45) is 10.5. The molecule has 3 nitrogen and oxygen atoms in total. The lowest BCUT2D eigenvalue weighted by molar-refractivity contribution is -0.130. The van der Waals surface area contributed by atoms with E-state index < -0.39 is 0 Å². The molecule has 0 unspecified atom stereocenters. The zero-order valence-corrected chi connectivity index (χ0v) is 17.6. The van der Waals surface area contributed by atoms with E-state index in [9.17, 15) is 4.79 Å². The quantitative estimate of drug-likeness (QED) is 0.557. The zero-order valence-electron chi connectivity index (χ0n) is 16.1. The maximum Gasteiger partial charge on any atom is 0.227 e. The van der Waals surface area contributed by atoms with Gasteiger partial charge in [-0.2, -0.15) is 0 Å². The highest BCUT2D eigenvalue weighted by molar-refractivity contribution is 6.42. The van der Waals surface area contributed by atoms with Gasteiger partial charge in [0.05, 0.1) is 22.5 Å². The maximum atomic E-state index is 13.0. The number of likely N-dealkylation sites (N-methyl/N-ethyl adjacent to an activating group) is 1. The van der Waals surface area contributed by atoms with Crippen molar-refractivity contribution in [2.24, 2.45) is 0 Å². The first-order chi connectivity index (χ1) is 13.0. The number of likely N-dealkylation sites (tertiary alicyclic amines) is 1. The number of hydrogen-bond acceptors (Lipinski definition) is 2. The second kappa shape index (κ2) is 10.7. The second-order valence-electron chi connectivity index (χ2n) is 6.84. The largest absolute Gasteiger partial charge is 0.337 e. The molecular formula is C22H28Cl2N2O. The highest BCUT2D eigenvalue weighted by atomic mass is 35.5. The van der Waals surface area contributed by atoms with Crippen LogP contribution in [0.3, 0.4) is 0 Å². The summed E-state index contributed by atoms with van der Waals surface area (Å²) in [5.74, 6) is 0.0592. The molecule has 1 fully saturated rings. The normalized spacial score (nSPS) is 16.7. The Labute approximate surface area is 172 Å². The average Bonchev–Trinajstić information content (AvgIpc) is 3.17. The van der Waals surface area contributed by atoms with Crippen molar-refractivity contribution >= 4 is 29.1 Å². The Hall–Kier alpha value is -1.55. The number of carbonyl (C=O) groups excluding carboxylic acids is 1. The molecule has 1 aromatic rings. The smallest absolute Gasteiger partial charge is 0.227 e. The van der Waals surface area contributed by atoms with Crippen LogP contribution < -0.4 is 0 Å². The minimum atomic E-state index is -0.000396. The summed E-state index contributed by atoms with van der Waals surface area (Å²) in [4.78, 5) is 17.3. The number of hydrogen-bond donors (Lipinski definition) is 0. The Balaban J connectivity index is 2.18. The van der Waals surface area contributed by atoms with Gasteiger partial charge in [-0.15, -0.1) is 0 Å². The molecule has 1 aliphatic heterocycles. The van der Waals surface area contributed by atoms with Crippen molar-refractivity contribution in [3.8, 4) is 0 Å². The molecule has 0 saturated carbocycles. The Morgan fingerprint density at radius 1 is 1.30 bits per heavy atom. The highest BCUT2D eigenvalue weighted by Gasteiger charge is 2.26. The van der Waals surface area contributed by atoms with E-state index >= 15 is 0 Å². The summed E-state index contributed by atoms with van der Waals surface area (Å²) < 4.78 is 0. The summed E-state index contributed by atoms with van der Waals surface area (Å²) in [6, 6.07) is 5.35. The minimum absolute atomic E-state index is 0.000396. The Kier molecular flexibility index (Phi) is 8.62. The maximum absolute atomic E-state index is 13.0. The van der Waals surface area contributed by atoms with Crippen LogP contribution in [-0.4, -0.2) is 48.4 Å². The fourth-order valence-electron chi connectivity index (χ4n) is 3.36. The standard InChI is InChI=1S/C22H28Cl2N2O/c1-4-6-9-18(5-2)21(16-26-12-7-8-13-26)25(3)22(27)15-17-10-11-19(23)20(24)14-17/h4-6,9-11,14,21H,1,7-8,12-13,15-16H2,2-3H3/b9-6-,18-5+/t21-/m1/s1. The first kappa shape index (κ1) is 21.7. The summed E-state index contributed by atoms with van der Waals surface area (Å²) in [7, 11) is 1.88. The lowest BCUT2D eigenvalue weighted by Crippen LogP contribution is -2.45. The van der Waals surface area contributed by atoms with Crippen LogP contribution in [0.2, 0.25) is 10.0 Å². The molecule has 2 rings (SSSR count). The third-order valence-corrected chi connectivity index (χ3v) is 5.71. The number of halogens is 2. The molecule has 1 saturated heterocycles. The van der Waals surface area contributed by atoms with E-state index in [0.717, 1.165) is 30.8 Å². The molecular weight excluding hydrogens is 379 g/mol. The fraction of sp³-hybridized carbons (Fsp3) is 0.409. The second-order valence-corrected chi connectivity index (χ2v) is 7.65. The number of carbonyl (C=O) groups is 1. The molecule has 0 spiro atoms. The summed E-state index contributed by atoms with van der Waals surface area (Å²) in [5.41, 5.74) is 1.98. The molecule has 1 aliphatic rings. The zero-order chi connectivity index (χ0) is 19.8. The van der Waals surface area contributed by atoms with Crippen LogP contribution in [0.25, 0.3) is 0 Å². The van der Waals surface area contributed by atoms with E-state index in [1.807, 2.05) is 37.1 Å². The molecule has 0 radical (unpaired) electrons. The van der Waals surface area contributed by atoms with Gasteiger partial charge in [0.1, 0.15) is 0 Å². The molecule has 1 aromatic carbocycles. The van der Waals surface area contributed by atoms with Gasteiger partial charge in [-0.1, -0.05) is 60.2 Å². The van der Waals surface area contributed by atoms with Crippen molar-refractivity contribution in [2.45, 2.75) is 32.2 Å². The lowest BCUT2D eigenvalue weighted by atomic mass is 10.0. The van der Waals surface area contributed by atoms with Gasteiger partial charge in [0.25, 0.3) is 0 Å². The average molecular weight is 407 g/mol. The number of rotatable bonds is 8. The van der Waals surface area contributed by atoms with Crippen LogP contribution in [0.5, 0.6) is 0 Å². The van der Waals surface area contributed by atoms with Crippen LogP contribution in [0, 0.1) is 0 Å². The molecule has 5 heteroatoms. The van der Waals surface area contributed by atoms with Crippen LogP contribution in [-0.2, 0) is 11.2 Å². The lowest BCUT2D eigenvalue weighted by Gasteiger charge is -2.33.